The number of nitrogens with one attached hydrogen (secondary N) is 1. The molecule has 1 unspecified atom stereocenters. The van der Waals surface area contributed by atoms with E-state index in [1.807, 2.05) is 29.2 Å². The number of carbonyl (C=O) groups excluding carboxylic acids is 2. The van der Waals surface area contributed by atoms with Crippen molar-refractivity contribution in [3.63, 3.8) is 0 Å². The Bertz CT molecular complexity index is 1200. The first-order valence-corrected chi connectivity index (χ1v) is 12.6. The van der Waals surface area contributed by atoms with Crippen molar-refractivity contribution in [1.82, 2.24) is 25.2 Å². The molecule has 2 atom stereocenters. The van der Waals surface area contributed by atoms with E-state index in [0.717, 1.165) is 49.3 Å². The topological polar surface area (TPSA) is 82.2 Å². The monoisotopic (exact) mass is 477 g/mol. The van der Waals surface area contributed by atoms with Gasteiger partial charge in [-0.1, -0.05) is 28.9 Å². The summed E-state index contributed by atoms with van der Waals surface area (Å²) in [5, 5.41) is 11.4. The Morgan fingerprint density at radius 3 is 2.26 bits per heavy atom. The molecule has 2 saturated heterocycles. The Morgan fingerprint density at radius 2 is 1.56 bits per heavy atom. The zero-order valence-electron chi connectivity index (χ0n) is 19.0. The number of likely N-dealkylation sites (tertiary alicyclic amines) is 2. The number of carbonyl (C=O) groups is 2. The molecule has 6 rings (SSSR count). The molecule has 0 radical (unpaired) electrons. The molecule has 0 bridgehead atoms. The van der Waals surface area contributed by atoms with Crippen molar-refractivity contribution in [1.29, 1.82) is 0 Å². The zero-order valence-corrected chi connectivity index (χ0v) is 19.7. The molecule has 3 fully saturated rings. The molecule has 1 N–H and O–H groups in total. The SMILES string of the molecule is O=C(c1ccc2[nH]nnc2c1)N1CC2CN(C(=O)C3CCC(c4ccc(Cl)cc4)CC3)C[C@@H]2C1. The summed E-state index contributed by atoms with van der Waals surface area (Å²) in [6.45, 7) is 2.97. The number of aromatic amines is 1. The number of nitrogens with zero attached hydrogens (tertiary/aromatic N) is 4. The highest BCUT2D eigenvalue weighted by atomic mass is 35.5. The van der Waals surface area contributed by atoms with E-state index in [1.165, 1.54) is 5.56 Å². The second-order valence-corrected chi connectivity index (χ2v) is 10.6. The summed E-state index contributed by atoms with van der Waals surface area (Å²) >= 11 is 6.02. The largest absolute Gasteiger partial charge is 0.342 e. The van der Waals surface area contributed by atoms with Gasteiger partial charge in [-0.25, -0.2) is 0 Å². The first-order valence-electron chi connectivity index (χ1n) is 12.2. The molecule has 0 spiro atoms. The Balaban J connectivity index is 1.03. The van der Waals surface area contributed by atoms with Gasteiger partial charge in [-0.15, -0.1) is 5.10 Å². The van der Waals surface area contributed by atoms with Gasteiger partial charge in [0.15, 0.2) is 0 Å². The lowest BCUT2D eigenvalue weighted by Crippen LogP contribution is -2.39. The fraction of sp³-hybridized carbons (Fsp3) is 0.462. The summed E-state index contributed by atoms with van der Waals surface area (Å²) in [4.78, 5) is 30.3. The van der Waals surface area contributed by atoms with Crippen LogP contribution in [0.1, 0.15) is 47.5 Å². The van der Waals surface area contributed by atoms with Gasteiger partial charge in [0.1, 0.15) is 5.52 Å². The van der Waals surface area contributed by atoms with Crippen LogP contribution < -0.4 is 0 Å². The maximum Gasteiger partial charge on any atom is 0.253 e. The van der Waals surface area contributed by atoms with Crippen LogP contribution in [0.2, 0.25) is 5.02 Å². The molecular weight excluding hydrogens is 450 g/mol. The van der Waals surface area contributed by atoms with Crippen molar-refractivity contribution in [2.75, 3.05) is 26.2 Å². The Morgan fingerprint density at radius 1 is 0.882 bits per heavy atom. The number of hydrogen-bond acceptors (Lipinski definition) is 4. The van der Waals surface area contributed by atoms with Crippen LogP contribution in [0.5, 0.6) is 0 Å². The number of aromatic nitrogens is 3. The number of rotatable bonds is 3. The van der Waals surface area contributed by atoms with E-state index in [2.05, 4.69) is 32.4 Å². The first kappa shape index (κ1) is 21.6. The number of hydrogen-bond donors (Lipinski definition) is 1. The molecule has 7 nitrogen and oxygen atoms in total. The van der Waals surface area contributed by atoms with Crippen LogP contribution in [0.15, 0.2) is 42.5 Å². The predicted molar refractivity (Wildman–Crippen MR) is 130 cm³/mol. The average molecular weight is 478 g/mol. The van der Waals surface area contributed by atoms with E-state index < -0.39 is 0 Å². The molecule has 34 heavy (non-hydrogen) atoms. The summed E-state index contributed by atoms with van der Waals surface area (Å²) < 4.78 is 0. The third-order valence-electron chi connectivity index (χ3n) is 8.08. The highest BCUT2D eigenvalue weighted by molar-refractivity contribution is 6.30. The van der Waals surface area contributed by atoms with Crippen molar-refractivity contribution < 1.29 is 9.59 Å². The van der Waals surface area contributed by atoms with E-state index in [1.54, 1.807) is 6.07 Å². The lowest BCUT2D eigenvalue weighted by atomic mass is 9.78. The zero-order chi connectivity index (χ0) is 23.2. The van der Waals surface area contributed by atoms with Gasteiger partial charge in [-0.3, -0.25) is 14.7 Å². The minimum absolute atomic E-state index is 0.0395. The fourth-order valence-electron chi connectivity index (χ4n) is 6.16. The molecule has 2 aromatic carbocycles. The lowest BCUT2D eigenvalue weighted by molar-refractivity contribution is -0.135. The third-order valence-corrected chi connectivity index (χ3v) is 8.33. The Hall–Kier alpha value is -2.93. The van der Waals surface area contributed by atoms with E-state index >= 15 is 0 Å². The number of H-pyrrole nitrogens is 1. The smallest absolute Gasteiger partial charge is 0.253 e. The first-order chi connectivity index (χ1) is 16.5. The van der Waals surface area contributed by atoms with Gasteiger partial charge in [0, 0.05) is 54.5 Å². The minimum atomic E-state index is 0.0395. The molecular formula is C26H28ClN5O2. The van der Waals surface area contributed by atoms with Crippen LogP contribution in [0.25, 0.3) is 11.0 Å². The highest BCUT2D eigenvalue weighted by Crippen LogP contribution is 2.39. The van der Waals surface area contributed by atoms with E-state index in [9.17, 15) is 9.59 Å². The van der Waals surface area contributed by atoms with E-state index in [4.69, 9.17) is 11.6 Å². The van der Waals surface area contributed by atoms with Crippen LogP contribution in [0.3, 0.4) is 0 Å². The Labute approximate surface area is 203 Å². The molecule has 176 valence electrons. The van der Waals surface area contributed by atoms with Crippen molar-refractivity contribution in [2.45, 2.75) is 31.6 Å². The van der Waals surface area contributed by atoms with Crippen molar-refractivity contribution in [3.05, 3.63) is 58.6 Å². The quantitative estimate of drug-likeness (QED) is 0.615. The maximum atomic E-state index is 13.3. The van der Waals surface area contributed by atoms with Crippen molar-refractivity contribution in [3.8, 4) is 0 Å². The number of halogens is 1. The van der Waals surface area contributed by atoms with Gasteiger partial charge in [-0.05, 0) is 67.5 Å². The summed E-state index contributed by atoms with van der Waals surface area (Å²) in [5.74, 6) is 1.75. The summed E-state index contributed by atoms with van der Waals surface area (Å²) in [7, 11) is 0. The second-order valence-electron chi connectivity index (χ2n) is 10.1. The van der Waals surface area contributed by atoms with Gasteiger partial charge >= 0.3 is 0 Å². The Kier molecular flexibility index (Phi) is 5.52. The third kappa shape index (κ3) is 3.96. The average Bonchev–Trinajstić information content (AvgIpc) is 3.58. The van der Waals surface area contributed by atoms with Gasteiger partial charge in [-0.2, -0.15) is 0 Å². The number of amides is 2. The summed E-state index contributed by atoms with van der Waals surface area (Å²) in [6.07, 6.45) is 4.01. The number of fused-ring (bicyclic) bond motifs is 2. The summed E-state index contributed by atoms with van der Waals surface area (Å²) in [6, 6.07) is 13.6. The van der Waals surface area contributed by atoms with Gasteiger partial charge < -0.3 is 9.80 Å². The van der Waals surface area contributed by atoms with Crippen molar-refractivity contribution in [2.24, 2.45) is 17.8 Å². The minimum Gasteiger partial charge on any atom is -0.342 e. The fourth-order valence-corrected chi connectivity index (χ4v) is 6.29. The van der Waals surface area contributed by atoms with Crippen LogP contribution >= 0.6 is 11.6 Å². The molecule has 3 aliphatic rings. The molecule has 8 heteroatoms. The summed E-state index contributed by atoms with van der Waals surface area (Å²) in [5.41, 5.74) is 3.50. The van der Waals surface area contributed by atoms with Gasteiger partial charge in [0.05, 0.1) is 5.52 Å². The number of benzene rings is 2. The molecule has 1 saturated carbocycles. The molecule has 3 heterocycles. The molecule has 3 aromatic rings. The van der Waals surface area contributed by atoms with E-state index in [-0.39, 0.29) is 11.8 Å². The van der Waals surface area contributed by atoms with Crippen LogP contribution in [-0.4, -0.2) is 63.2 Å². The molecule has 2 aliphatic heterocycles. The second kappa shape index (κ2) is 8.69. The van der Waals surface area contributed by atoms with Crippen LogP contribution in [-0.2, 0) is 4.79 Å². The maximum absolute atomic E-state index is 13.3. The van der Waals surface area contributed by atoms with Crippen molar-refractivity contribution >= 4 is 34.4 Å². The van der Waals surface area contributed by atoms with Crippen LogP contribution in [0.4, 0.5) is 0 Å². The van der Waals surface area contributed by atoms with Gasteiger partial charge in [0.2, 0.25) is 5.91 Å². The molecule has 1 aromatic heterocycles. The van der Waals surface area contributed by atoms with E-state index in [0.29, 0.717) is 47.8 Å². The molecule has 2 amide bonds. The highest BCUT2D eigenvalue weighted by Gasteiger charge is 2.44. The predicted octanol–water partition coefficient (Wildman–Crippen LogP) is 4.12. The lowest BCUT2D eigenvalue weighted by Gasteiger charge is -2.31. The van der Waals surface area contributed by atoms with Gasteiger partial charge in [0.25, 0.3) is 5.91 Å². The molecule has 1 aliphatic carbocycles. The standard InChI is InChI=1S/C26H28ClN5O2/c27-22-8-5-17(6-9-22)16-1-3-18(4-2-16)25(33)31-12-20-14-32(15-21(20)13-31)26(34)19-7-10-23-24(11-19)29-30-28-23/h5-11,16,18,20-21H,1-4,12-15H2,(H,28,29,30)/t16?,18?,20-,21?/m1/s1. The van der Waals surface area contributed by atoms with Crippen LogP contribution in [0, 0.1) is 17.8 Å². The normalized spacial score (nSPS) is 26.7.